The zero-order valence-electron chi connectivity index (χ0n) is 6.79. The topological polar surface area (TPSA) is 63.3 Å². The highest BCUT2D eigenvalue weighted by atomic mass is 16.4. The van der Waals surface area contributed by atoms with E-state index in [1.807, 2.05) is 0 Å². The van der Waals surface area contributed by atoms with Crippen LogP contribution in [0.1, 0.15) is 19.8 Å². The summed E-state index contributed by atoms with van der Waals surface area (Å²) in [6.45, 7) is 2.60. The second-order valence-electron chi connectivity index (χ2n) is 3.40. The number of carbonyl (C=O) groups is 1. The quantitative estimate of drug-likeness (QED) is 0.620. The van der Waals surface area contributed by atoms with E-state index in [0.29, 0.717) is 12.5 Å². The summed E-state index contributed by atoms with van der Waals surface area (Å²) in [7, 11) is 0. The highest BCUT2D eigenvalue weighted by Crippen LogP contribution is 2.35. The summed E-state index contributed by atoms with van der Waals surface area (Å²) in [6, 6.07) is 0. The fourth-order valence-electron chi connectivity index (χ4n) is 1.97. The van der Waals surface area contributed by atoms with E-state index in [1.165, 1.54) is 0 Å². The molecule has 1 aliphatic carbocycles. The Morgan fingerprint density at radius 3 is 2.64 bits per heavy atom. The maximum absolute atomic E-state index is 10.7. The molecule has 64 valence electrons. The van der Waals surface area contributed by atoms with Crippen molar-refractivity contribution >= 4 is 5.97 Å². The van der Waals surface area contributed by atoms with Crippen LogP contribution in [0.25, 0.3) is 0 Å². The summed E-state index contributed by atoms with van der Waals surface area (Å²) < 4.78 is 0. The van der Waals surface area contributed by atoms with Gasteiger partial charge in [0.2, 0.25) is 0 Å². The van der Waals surface area contributed by atoms with Crippen LogP contribution in [0.2, 0.25) is 0 Å². The van der Waals surface area contributed by atoms with Crippen LogP contribution in [-0.2, 0) is 4.79 Å². The van der Waals surface area contributed by atoms with E-state index in [4.69, 9.17) is 10.8 Å². The number of carboxylic acids is 1. The lowest BCUT2D eigenvalue weighted by Gasteiger charge is -2.16. The first kappa shape index (κ1) is 8.53. The monoisotopic (exact) mass is 157 g/mol. The lowest BCUT2D eigenvalue weighted by Crippen LogP contribution is -2.27. The first-order chi connectivity index (χ1) is 5.16. The van der Waals surface area contributed by atoms with Crippen LogP contribution in [0.4, 0.5) is 0 Å². The van der Waals surface area contributed by atoms with Crippen LogP contribution >= 0.6 is 0 Å². The number of aliphatic carboxylic acids is 1. The van der Waals surface area contributed by atoms with E-state index in [-0.39, 0.29) is 11.8 Å². The van der Waals surface area contributed by atoms with Crippen LogP contribution in [0, 0.1) is 17.8 Å². The smallest absolute Gasteiger partial charge is 0.306 e. The number of hydrogen-bond donors (Lipinski definition) is 2. The van der Waals surface area contributed by atoms with Crippen molar-refractivity contribution < 1.29 is 9.90 Å². The van der Waals surface area contributed by atoms with E-state index in [1.54, 1.807) is 0 Å². The number of hydrogen-bond acceptors (Lipinski definition) is 2. The zero-order chi connectivity index (χ0) is 8.43. The third kappa shape index (κ3) is 1.53. The largest absolute Gasteiger partial charge is 0.481 e. The molecule has 0 aliphatic heterocycles. The molecule has 0 unspecified atom stereocenters. The van der Waals surface area contributed by atoms with Gasteiger partial charge in [0.05, 0.1) is 5.92 Å². The second-order valence-corrected chi connectivity index (χ2v) is 3.40. The van der Waals surface area contributed by atoms with Crippen molar-refractivity contribution in [2.75, 3.05) is 6.54 Å². The first-order valence-electron chi connectivity index (χ1n) is 4.09. The van der Waals surface area contributed by atoms with Gasteiger partial charge >= 0.3 is 5.97 Å². The summed E-state index contributed by atoms with van der Waals surface area (Å²) in [5.41, 5.74) is 5.49. The zero-order valence-corrected chi connectivity index (χ0v) is 6.79. The van der Waals surface area contributed by atoms with Crippen LogP contribution < -0.4 is 5.73 Å². The van der Waals surface area contributed by atoms with Gasteiger partial charge in [-0.15, -0.1) is 0 Å². The maximum atomic E-state index is 10.7. The summed E-state index contributed by atoms with van der Waals surface area (Å²) in [6.07, 6.45) is 1.82. The van der Waals surface area contributed by atoms with Gasteiger partial charge in [-0.2, -0.15) is 0 Å². The van der Waals surface area contributed by atoms with Gasteiger partial charge in [-0.1, -0.05) is 6.92 Å². The molecule has 1 rings (SSSR count). The average molecular weight is 157 g/mol. The van der Waals surface area contributed by atoms with Crippen molar-refractivity contribution in [3.05, 3.63) is 0 Å². The number of nitrogens with two attached hydrogens (primary N) is 1. The summed E-state index contributed by atoms with van der Waals surface area (Å²) in [5.74, 6) is -0.173. The highest BCUT2D eigenvalue weighted by Gasteiger charge is 2.36. The molecule has 0 spiro atoms. The Balaban J connectivity index is 2.61. The molecule has 0 saturated heterocycles. The van der Waals surface area contributed by atoms with Crippen molar-refractivity contribution in [1.29, 1.82) is 0 Å². The fourth-order valence-corrected chi connectivity index (χ4v) is 1.97. The van der Waals surface area contributed by atoms with E-state index in [0.717, 1.165) is 12.8 Å². The minimum absolute atomic E-state index is 0.185. The number of carboxylic acid groups (broad SMARTS) is 1. The third-order valence-corrected chi connectivity index (χ3v) is 2.77. The second kappa shape index (κ2) is 3.22. The minimum atomic E-state index is -0.676. The van der Waals surface area contributed by atoms with Gasteiger partial charge in [0.15, 0.2) is 0 Å². The molecule has 3 N–H and O–H groups in total. The average Bonchev–Trinajstić information content (AvgIpc) is 2.30. The highest BCUT2D eigenvalue weighted by molar-refractivity contribution is 5.70. The molecule has 3 nitrogen and oxygen atoms in total. The minimum Gasteiger partial charge on any atom is -0.481 e. The van der Waals surface area contributed by atoms with Crippen molar-refractivity contribution in [2.45, 2.75) is 19.8 Å². The molecule has 3 atom stereocenters. The Morgan fingerprint density at radius 2 is 2.27 bits per heavy atom. The van der Waals surface area contributed by atoms with Gasteiger partial charge in [0.1, 0.15) is 0 Å². The standard InChI is InChI=1S/C8H15NO2/c1-5-2-3-6(8(10)11)7(5)4-9/h5-7H,2-4,9H2,1H3,(H,10,11)/t5-,6+,7-/m1/s1. The Bertz CT molecular complexity index is 158. The summed E-state index contributed by atoms with van der Waals surface area (Å²) in [4.78, 5) is 10.7. The van der Waals surface area contributed by atoms with Gasteiger partial charge in [0, 0.05) is 0 Å². The maximum Gasteiger partial charge on any atom is 0.306 e. The van der Waals surface area contributed by atoms with Crippen LogP contribution in [0.5, 0.6) is 0 Å². The molecular weight excluding hydrogens is 142 g/mol. The Labute approximate surface area is 66.6 Å². The molecule has 0 bridgehead atoms. The summed E-state index contributed by atoms with van der Waals surface area (Å²) >= 11 is 0. The van der Waals surface area contributed by atoms with Crippen LogP contribution in [0.3, 0.4) is 0 Å². The molecule has 3 heteroatoms. The normalized spacial score (nSPS) is 37.5. The predicted molar refractivity (Wildman–Crippen MR) is 42.1 cm³/mol. The Morgan fingerprint density at radius 1 is 1.64 bits per heavy atom. The molecule has 0 amide bonds. The Kier molecular flexibility index (Phi) is 2.49. The third-order valence-electron chi connectivity index (χ3n) is 2.77. The summed E-state index contributed by atoms with van der Waals surface area (Å²) in [5, 5.41) is 8.78. The van der Waals surface area contributed by atoms with Crippen molar-refractivity contribution in [3.8, 4) is 0 Å². The van der Waals surface area contributed by atoms with Gasteiger partial charge < -0.3 is 10.8 Å². The molecule has 11 heavy (non-hydrogen) atoms. The SMILES string of the molecule is C[C@@H]1CC[C@H](C(=O)O)[C@@H]1CN. The number of rotatable bonds is 2. The van der Waals surface area contributed by atoms with Crippen molar-refractivity contribution in [3.63, 3.8) is 0 Å². The van der Waals surface area contributed by atoms with Gasteiger partial charge in [-0.25, -0.2) is 0 Å². The molecule has 0 aromatic rings. The van der Waals surface area contributed by atoms with Gasteiger partial charge in [-0.05, 0) is 31.2 Å². The van der Waals surface area contributed by atoms with E-state index >= 15 is 0 Å². The lowest BCUT2D eigenvalue weighted by molar-refractivity contribution is -0.143. The van der Waals surface area contributed by atoms with Crippen LogP contribution in [-0.4, -0.2) is 17.6 Å². The van der Waals surface area contributed by atoms with E-state index < -0.39 is 5.97 Å². The van der Waals surface area contributed by atoms with Crippen LogP contribution in [0.15, 0.2) is 0 Å². The molecular formula is C8H15NO2. The molecule has 0 radical (unpaired) electrons. The van der Waals surface area contributed by atoms with Gasteiger partial charge in [-0.3, -0.25) is 4.79 Å². The fraction of sp³-hybridized carbons (Fsp3) is 0.875. The molecule has 0 aromatic carbocycles. The predicted octanol–water partition coefficient (Wildman–Crippen LogP) is 0.692. The lowest BCUT2D eigenvalue weighted by atomic mass is 9.91. The van der Waals surface area contributed by atoms with Gasteiger partial charge in [0.25, 0.3) is 0 Å². The molecule has 0 aromatic heterocycles. The van der Waals surface area contributed by atoms with Crippen molar-refractivity contribution in [1.82, 2.24) is 0 Å². The first-order valence-corrected chi connectivity index (χ1v) is 4.09. The van der Waals surface area contributed by atoms with E-state index in [9.17, 15) is 4.79 Å². The van der Waals surface area contributed by atoms with Crippen molar-refractivity contribution in [2.24, 2.45) is 23.5 Å². The molecule has 1 fully saturated rings. The molecule has 1 saturated carbocycles. The molecule has 1 aliphatic rings. The van der Waals surface area contributed by atoms with E-state index in [2.05, 4.69) is 6.92 Å². The molecule has 0 heterocycles. The Hall–Kier alpha value is -0.570.